The van der Waals surface area contributed by atoms with E-state index in [2.05, 4.69) is 0 Å². The van der Waals surface area contributed by atoms with Gasteiger partial charge in [0.05, 0.1) is 13.4 Å². The summed E-state index contributed by atoms with van der Waals surface area (Å²) in [6.45, 7) is 0. The first-order chi connectivity index (χ1) is 9.28. The number of ether oxygens (including phenoxy) is 1. The van der Waals surface area contributed by atoms with Crippen molar-refractivity contribution in [1.29, 1.82) is 0 Å². The van der Waals surface area contributed by atoms with E-state index in [4.69, 9.17) is 9.15 Å². The largest absolute Gasteiger partial charge is 0.497 e. The smallest absolute Gasteiger partial charge is 0.137 e. The molecule has 0 amide bonds. The number of benzene rings is 2. The molecule has 1 atom stereocenters. The predicted molar refractivity (Wildman–Crippen MR) is 73.3 cm³/mol. The second-order valence-electron chi connectivity index (χ2n) is 4.39. The van der Waals surface area contributed by atoms with Crippen molar-refractivity contribution in [3.63, 3.8) is 0 Å². The Morgan fingerprint density at radius 3 is 2.58 bits per heavy atom. The summed E-state index contributed by atoms with van der Waals surface area (Å²) in [5.41, 5.74) is 0.813. The summed E-state index contributed by atoms with van der Waals surface area (Å²) in [7, 11) is 1.65. The molecule has 96 valence electrons. The number of methoxy groups -OCH3 is 1. The number of hydrogen-bond acceptors (Lipinski definition) is 3. The molecule has 0 saturated heterocycles. The summed E-state index contributed by atoms with van der Waals surface area (Å²) in [5, 5.41) is 12.4. The maximum atomic E-state index is 10.2. The molecular formula is C16H14O3. The molecule has 0 aliphatic carbocycles. The van der Waals surface area contributed by atoms with Gasteiger partial charge in [-0.25, -0.2) is 0 Å². The Hall–Kier alpha value is -2.26. The SMILES string of the molecule is COc1ccc2cc([C@@H](O)c3ccco3)ccc2c1. The molecule has 3 aromatic rings. The highest BCUT2D eigenvalue weighted by molar-refractivity contribution is 5.84. The van der Waals surface area contributed by atoms with E-state index in [-0.39, 0.29) is 0 Å². The maximum absolute atomic E-state index is 10.2. The van der Waals surface area contributed by atoms with E-state index >= 15 is 0 Å². The fourth-order valence-corrected chi connectivity index (χ4v) is 2.15. The van der Waals surface area contributed by atoms with Gasteiger partial charge in [0.25, 0.3) is 0 Å². The van der Waals surface area contributed by atoms with E-state index in [0.29, 0.717) is 5.76 Å². The van der Waals surface area contributed by atoms with Crippen molar-refractivity contribution in [2.75, 3.05) is 7.11 Å². The molecule has 3 heteroatoms. The Bertz CT molecular complexity index is 686. The fourth-order valence-electron chi connectivity index (χ4n) is 2.15. The predicted octanol–water partition coefficient (Wildman–Crippen LogP) is 3.52. The van der Waals surface area contributed by atoms with E-state index in [1.54, 1.807) is 25.5 Å². The number of fused-ring (bicyclic) bond motifs is 1. The number of furan rings is 1. The van der Waals surface area contributed by atoms with Crippen LogP contribution in [0.15, 0.2) is 59.2 Å². The summed E-state index contributed by atoms with van der Waals surface area (Å²) in [6.07, 6.45) is 0.825. The monoisotopic (exact) mass is 254 g/mol. The van der Waals surface area contributed by atoms with Crippen LogP contribution in [0.3, 0.4) is 0 Å². The van der Waals surface area contributed by atoms with E-state index in [1.165, 1.54) is 0 Å². The molecule has 19 heavy (non-hydrogen) atoms. The third-order valence-corrected chi connectivity index (χ3v) is 3.20. The molecule has 1 heterocycles. The molecule has 1 aromatic heterocycles. The lowest BCUT2D eigenvalue weighted by Crippen LogP contribution is -1.97. The van der Waals surface area contributed by atoms with Crippen LogP contribution in [0.25, 0.3) is 10.8 Å². The van der Waals surface area contributed by atoms with Gasteiger partial charge in [-0.05, 0) is 46.7 Å². The molecule has 0 saturated carbocycles. The van der Waals surface area contributed by atoms with Crippen LogP contribution < -0.4 is 4.74 Å². The van der Waals surface area contributed by atoms with Gasteiger partial charge in [-0.2, -0.15) is 0 Å². The van der Waals surface area contributed by atoms with Gasteiger partial charge in [-0.1, -0.05) is 18.2 Å². The van der Waals surface area contributed by atoms with E-state index in [1.807, 2.05) is 36.4 Å². The van der Waals surface area contributed by atoms with Crippen molar-refractivity contribution in [2.45, 2.75) is 6.10 Å². The number of rotatable bonds is 3. The first-order valence-corrected chi connectivity index (χ1v) is 6.07. The molecule has 0 radical (unpaired) electrons. The van der Waals surface area contributed by atoms with E-state index in [9.17, 15) is 5.11 Å². The quantitative estimate of drug-likeness (QED) is 0.777. The van der Waals surface area contributed by atoms with Gasteiger partial charge in [-0.3, -0.25) is 0 Å². The minimum Gasteiger partial charge on any atom is -0.497 e. The molecule has 0 bridgehead atoms. The number of aliphatic hydroxyl groups excluding tert-OH is 1. The van der Waals surface area contributed by atoms with Crippen molar-refractivity contribution in [3.8, 4) is 5.75 Å². The lowest BCUT2D eigenvalue weighted by molar-refractivity contribution is 0.189. The van der Waals surface area contributed by atoms with Crippen LogP contribution in [0.5, 0.6) is 5.75 Å². The standard InChI is InChI=1S/C16H14O3/c1-18-14-7-6-11-9-13(5-4-12(11)10-14)16(17)15-3-2-8-19-15/h2-10,16-17H,1H3/t16-/m1/s1. The molecule has 0 fully saturated rings. The van der Waals surface area contributed by atoms with Gasteiger partial charge >= 0.3 is 0 Å². The van der Waals surface area contributed by atoms with Crippen LogP contribution in [0.1, 0.15) is 17.4 Å². The average molecular weight is 254 g/mol. The highest BCUT2D eigenvalue weighted by Gasteiger charge is 2.13. The van der Waals surface area contributed by atoms with E-state index in [0.717, 1.165) is 22.1 Å². The van der Waals surface area contributed by atoms with Crippen LogP contribution in [-0.2, 0) is 0 Å². The Morgan fingerprint density at radius 2 is 1.84 bits per heavy atom. The second kappa shape index (κ2) is 4.78. The molecule has 0 aliphatic heterocycles. The molecule has 0 aliphatic rings. The van der Waals surface area contributed by atoms with E-state index < -0.39 is 6.10 Å². The fraction of sp³-hybridized carbons (Fsp3) is 0.125. The van der Waals surface area contributed by atoms with Gasteiger partial charge in [0.1, 0.15) is 17.6 Å². The minimum atomic E-state index is -0.735. The summed E-state index contributed by atoms with van der Waals surface area (Å²) in [5.74, 6) is 1.37. The molecule has 1 N–H and O–H groups in total. The zero-order chi connectivity index (χ0) is 13.2. The first kappa shape index (κ1) is 11.8. The summed E-state index contributed by atoms with van der Waals surface area (Å²) in [4.78, 5) is 0. The number of hydrogen-bond donors (Lipinski definition) is 1. The van der Waals surface area contributed by atoms with Gasteiger partial charge < -0.3 is 14.3 Å². The Kier molecular flexibility index (Phi) is 2.97. The summed E-state index contributed by atoms with van der Waals surface area (Å²) < 4.78 is 10.4. The topological polar surface area (TPSA) is 42.6 Å². The highest BCUT2D eigenvalue weighted by atomic mass is 16.5. The van der Waals surface area contributed by atoms with Gasteiger partial charge in [-0.15, -0.1) is 0 Å². The third kappa shape index (κ3) is 2.20. The van der Waals surface area contributed by atoms with Crippen molar-refractivity contribution < 1.29 is 14.3 Å². The zero-order valence-electron chi connectivity index (χ0n) is 10.5. The molecule has 0 unspecified atom stereocenters. The summed E-state index contributed by atoms with van der Waals surface area (Å²) in [6, 6.07) is 15.2. The lowest BCUT2D eigenvalue weighted by Gasteiger charge is -2.10. The lowest BCUT2D eigenvalue weighted by atomic mass is 10.0. The average Bonchev–Trinajstić information content (AvgIpc) is 2.99. The molecule has 3 rings (SSSR count). The van der Waals surface area contributed by atoms with Crippen LogP contribution in [0.4, 0.5) is 0 Å². The Labute approximate surface area is 111 Å². The van der Waals surface area contributed by atoms with Crippen molar-refractivity contribution in [1.82, 2.24) is 0 Å². The molecule has 2 aromatic carbocycles. The van der Waals surface area contributed by atoms with Crippen molar-refractivity contribution in [2.24, 2.45) is 0 Å². The molecular weight excluding hydrogens is 240 g/mol. The highest BCUT2D eigenvalue weighted by Crippen LogP contribution is 2.27. The van der Waals surface area contributed by atoms with Gasteiger partial charge in [0.2, 0.25) is 0 Å². The first-order valence-electron chi connectivity index (χ1n) is 6.07. The van der Waals surface area contributed by atoms with Gasteiger partial charge in [0, 0.05) is 0 Å². The zero-order valence-corrected chi connectivity index (χ0v) is 10.5. The second-order valence-corrected chi connectivity index (χ2v) is 4.39. The minimum absolute atomic E-state index is 0.549. The van der Waals surface area contributed by atoms with Crippen LogP contribution in [0.2, 0.25) is 0 Å². The Morgan fingerprint density at radius 1 is 1.05 bits per heavy atom. The third-order valence-electron chi connectivity index (χ3n) is 3.20. The van der Waals surface area contributed by atoms with Gasteiger partial charge in [0.15, 0.2) is 0 Å². The van der Waals surface area contributed by atoms with Crippen molar-refractivity contribution in [3.05, 3.63) is 66.1 Å². The van der Waals surface area contributed by atoms with Crippen LogP contribution in [-0.4, -0.2) is 12.2 Å². The van der Waals surface area contributed by atoms with Crippen molar-refractivity contribution >= 4 is 10.8 Å². The molecule has 0 spiro atoms. The Balaban J connectivity index is 2.02. The number of aliphatic hydroxyl groups is 1. The van der Waals surface area contributed by atoms with Crippen LogP contribution in [0, 0.1) is 0 Å². The normalized spacial score (nSPS) is 12.5. The summed E-state index contributed by atoms with van der Waals surface area (Å²) >= 11 is 0. The maximum Gasteiger partial charge on any atom is 0.137 e. The molecule has 3 nitrogen and oxygen atoms in total. The van der Waals surface area contributed by atoms with Crippen LogP contribution >= 0.6 is 0 Å².